The van der Waals surface area contributed by atoms with Crippen LogP contribution in [-0.4, -0.2) is 22.5 Å². The van der Waals surface area contributed by atoms with Gasteiger partial charge in [0.2, 0.25) is 0 Å². The van der Waals surface area contributed by atoms with Crippen LogP contribution in [0.2, 0.25) is 4.34 Å². The smallest absolute Gasteiger partial charge is 0.270 e. The predicted octanol–water partition coefficient (Wildman–Crippen LogP) is 2.32. The number of rotatable bonds is 4. The van der Waals surface area contributed by atoms with Gasteiger partial charge in [0.15, 0.2) is 0 Å². The van der Waals surface area contributed by atoms with Gasteiger partial charge in [-0.1, -0.05) is 11.6 Å². The van der Waals surface area contributed by atoms with Crippen molar-refractivity contribution in [3.8, 4) is 0 Å². The Morgan fingerprint density at radius 2 is 2.41 bits per heavy atom. The summed E-state index contributed by atoms with van der Waals surface area (Å²) in [6.07, 6.45) is -0.741. The van der Waals surface area contributed by atoms with Crippen LogP contribution in [0.15, 0.2) is 23.0 Å². The van der Waals surface area contributed by atoms with Gasteiger partial charge in [-0.05, 0) is 12.1 Å². The number of aliphatic hydroxyl groups excluding tert-OH is 1. The van der Waals surface area contributed by atoms with Crippen LogP contribution in [-0.2, 0) is 0 Å². The molecule has 0 radical (unpaired) electrons. The summed E-state index contributed by atoms with van der Waals surface area (Å²) in [6, 6.07) is 3.46. The summed E-state index contributed by atoms with van der Waals surface area (Å²) in [6.45, 7) is 0.146. The molecule has 90 valence electrons. The fourth-order valence-electron chi connectivity index (χ4n) is 1.21. The summed E-state index contributed by atoms with van der Waals surface area (Å²) in [5.74, 6) is -0.284. The molecule has 0 bridgehead atoms. The summed E-state index contributed by atoms with van der Waals surface area (Å²) in [7, 11) is 0. The van der Waals surface area contributed by atoms with Crippen LogP contribution in [0.1, 0.15) is 21.5 Å². The number of thiophene rings is 1. The largest absolute Gasteiger partial charge is 0.386 e. The Labute approximate surface area is 111 Å². The topological polar surface area (TPSA) is 62.2 Å². The van der Waals surface area contributed by atoms with E-state index in [1.165, 1.54) is 22.7 Å². The van der Waals surface area contributed by atoms with Crippen LogP contribution in [0, 0.1) is 0 Å². The molecule has 2 heterocycles. The van der Waals surface area contributed by atoms with Gasteiger partial charge in [-0.3, -0.25) is 4.79 Å². The van der Waals surface area contributed by atoms with Gasteiger partial charge in [-0.25, -0.2) is 4.98 Å². The Kier molecular flexibility index (Phi) is 4.11. The highest BCUT2D eigenvalue weighted by Gasteiger charge is 2.13. The van der Waals surface area contributed by atoms with Gasteiger partial charge in [0.1, 0.15) is 11.8 Å². The van der Waals surface area contributed by atoms with E-state index < -0.39 is 6.10 Å². The average molecular weight is 289 g/mol. The number of halogens is 1. The van der Waals surface area contributed by atoms with Crippen LogP contribution in [0.4, 0.5) is 0 Å². The van der Waals surface area contributed by atoms with Gasteiger partial charge in [-0.15, -0.1) is 22.7 Å². The summed E-state index contributed by atoms with van der Waals surface area (Å²) in [5.41, 5.74) is 1.95. The predicted molar refractivity (Wildman–Crippen MR) is 68.7 cm³/mol. The van der Waals surface area contributed by atoms with Gasteiger partial charge < -0.3 is 10.4 Å². The molecule has 0 saturated heterocycles. The van der Waals surface area contributed by atoms with Crippen LogP contribution >= 0.6 is 34.3 Å². The molecule has 0 unspecified atom stereocenters. The van der Waals surface area contributed by atoms with Crippen molar-refractivity contribution in [2.45, 2.75) is 6.10 Å². The molecular formula is C10H9ClN2O2S2. The molecule has 1 amide bonds. The monoisotopic (exact) mass is 288 g/mol. The van der Waals surface area contributed by atoms with E-state index in [2.05, 4.69) is 10.3 Å². The van der Waals surface area contributed by atoms with Crippen molar-refractivity contribution in [3.63, 3.8) is 0 Å². The maximum Gasteiger partial charge on any atom is 0.270 e. The number of hydrogen-bond acceptors (Lipinski definition) is 5. The molecule has 2 N–H and O–H groups in total. The van der Waals surface area contributed by atoms with Crippen LogP contribution < -0.4 is 5.32 Å². The van der Waals surface area contributed by atoms with E-state index in [0.29, 0.717) is 10.0 Å². The van der Waals surface area contributed by atoms with Gasteiger partial charge in [-0.2, -0.15) is 0 Å². The minimum atomic E-state index is -0.741. The van der Waals surface area contributed by atoms with Crippen molar-refractivity contribution < 1.29 is 9.90 Å². The first-order valence-electron chi connectivity index (χ1n) is 4.76. The first kappa shape index (κ1) is 12.5. The molecule has 0 aliphatic rings. The highest BCUT2D eigenvalue weighted by atomic mass is 35.5. The first-order chi connectivity index (χ1) is 8.16. The van der Waals surface area contributed by atoms with Gasteiger partial charge in [0, 0.05) is 16.8 Å². The van der Waals surface area contributed by atoms with Crippen LogP contribution in [0.5, 0.6) is 0 Å². The second-order valence-corrected chi connectivity index (χ2v) is 5.71. The van der Waals surface area contributed by atoms with E-state index in [-0.39, 0.29) is 12.5 Å². The quantitative estimate of drug-likeness (QED) is 0.907. The van der Waals surface area contributed by atoms with Gasteiger partial charge >= 0.3 is 0 Å². The third kappa shape index (κ3) is 3.26. The second kappa shape index (κ2) is 5.59. The molecule has 0 aliphatic carbocycles. The zero-order valence-electron chi connectivity index (χ0n) is 8.59. The number of nitrogens with one attached hydrogen (secondary N) is 1. The maximum absolute atomic E-state index is 11.5. The number of thiazole rings is 1. The lowest BCUT2D eigenvalue weighted by molar-refractivity contribution is 0.0914. The standard InChI is InChI=1S/C10H9ClN2O2S2/c11-9-2-1-8(17-9)7(14)3-12-10(15)6-4-16-5-13-6/h1-2,4-5,7,14H,3H2,(H,12,15)/t7-/m0/s1. The fourth-order valence-corrected chi connectivity index (χ4v) is 2.79. The highest BCUT2D eigenvalue weighted by Crippen LogP contribution is 2.26. The van der Waals surface area contributed by atoms with Crippen molar-refractivity contribution in [1.29, 1.82) is 0 Å². The number of carbonyl (C=O) groups is 1. The minimum Gasteiger partial charge on any atom is -0.386 e. The maximum atomic E-state index is 11.5. The Morgan fingerprint density at radius 3 is 3.00 bits per heavy atom. The zero-order chi connectivity index (χ0) is 12.3. The lowest BCUT2D eigenvalue weighted by Crippen LogP contribution is -2.28. The molecule has 0 aliphatic heterocycles. The molecule has 0 fully saturated rings. The van der Waals surface area contributed by atoms with Crippen molar-refractivity contribution in [2.24, 2.45) is 0 Å². The summed E-state index contributed by atoms with van der Waals surface area (Å²) in [5, 5.41) is 14.1. The molecule has 0 spiro atoms. The van der Waals surface area contributed by atoms with E-state index in [9.17, 15) is 9.90 Å². The number of amides is 1. The number of aromatic nitrogens is 1. The fraction of sp³-hybridized carbons (Fsp3) is 0.200. The minimum absolute atomic E-state index is 0.146. The summed E-state index contributed by atoms with van der Waals surface area (Å²) in [4.78, 5) is 16.2. The third-order valence-electron chi connectivity index (χ3n) is 2.04. The zero-order valence-corrected chi connectivity index (χ0v) is 11.0. The highest BCUT2D eigenvalue weighted by molar-refractivity contribution is 7.16. The first-order valence-corrected chi connectivity index (χ1v) is 6.90. The summed E-state index contributed by atoms with van der Waals surface area (Å²) >= 11 is 8.41. The lowest BCUT2D eigenvalue weighted by Gasteiger charge is -2.08. The van der Waals surface area contributed by atoms with Crippen molar-refractivity contribution >= 4 is 40.2 Å². The lowest BCUT2D eigenvalue weighted by atomic mass is 10.3. The molecular weight excluding hydrogens is 280 g/mol. The van der Waals surface area contributed by atoms with E-state index >= 15 is 0 Å². The average Bonchev–Trinajstić information content (AvgIpc) is 2.95. The molecule has 1 atom stereocenters. The van der Waals surface area contributed by atoms with Crippen molar-refractivity contribution in [3.05, 3.63) is 37.9 Å². The van der Waals surface area contributed by atoms with Gasteiger partial charge in [0.05, 0.1) is 9.85 Å². The molecule has 0 aromatic carbocycles. The number of hydrogen-bond donors (Lipinski definition) is 2. The molecule has 2 rings (SSSR count). The molecule has 2 aromatic heterocycles. The Bertz CT molecular complexity index is 498. The normalized spacial score (nSPS) is 12.4. The Morgan fingerprint density at radius 1 is 1.59 bits per heavy atom. The van der Waals surface area contributed by atoms with Crippen molar-refractivity contribution in [2.75, 3.05) is 6.54 Å². The number of nitrogens with zero attached hydrogens (tertiary/aromatic N) is 1. The summed E-state index contributed by atoms with van der Waals surface area (Å²) < 4.78 is 0.616. The number of carbonyl (C=O) groups excluding carboxylic acids is 1. The molecule has 4 nitrogen and oxygen atoms in total. The van der Waals surface area contributed by atoms with Crippen molar-refractivity contribution in [1.82, 2.24) is 10.3 Å². The molecule has 17 heavy (non-hydrogen) atoms. The van der Waals surface area contributed by atoms with Crippen LogP contribution in [0.25, 0.3) is 0 Å². The Hall–Kier alpha value is -0.950. The van der Waals surface area contributed by atoms with E-state index in [1.54, 1.807) is 23.0 Å². The Balaban J connectivity index is 1.88. The van der Waals surface area contributed by atoms with E-state index in [1.807, 2.05) is 0 Å². The van der Waals surface area contributed by atoms with Crippen LogP contribution in [0.3, 0.4) is 0 Å². The second-order valence-electron chi connectivity index (χ2n) is 3.24. The van der Waals surface area contributed by atoms with Gasteiger partial charge in [0.25, 0.3) is 5.91 Å². The van der Waals surface area contributed by atoms with E-state index in [0.717, 1.165) is 4.88 Å². The third-order valence-corrected chi connectivity index (χ3v) is 3.96. The molecule has 2 aromatic rings. The van der Waals surface area contributed by atoms with E-state index in [4.69, 9.17) is 11.6 Å². The molecule has 0 saturated carbocycles. The molecule has 7 heteroatoms. The SMILES string of the molecule is O=C(NC[C@H](O)c1ccc(Cl)s1)c1cscn1. The number of aliphatic hydroxyl groups is 1.